The van der Waals surface area contributed by atoms with E-state index in [0.717, 1.165) is 17.7 Å². The molecule has 0 aliphatic heterocycles. The number of benzene rings is 1. The van der Waals surface area contributed by atoms with Gasteiger partial charge in [-0.25, -0.2) is 9.97 Å². The molecule has 0 unspecified atom stereocenters. The summed E-state index contributed by atoms with van der Waals surface area (Å²) in [6.45, 7) is 5.92. The summed E-state index contributed by atoms with van der Waals surface area (Å²) in [6, 6.07) is 9.62. The van der Waals surface area contributed by atoms with Crippen LogP contribution < -0.4 is 10.1 Å². The number of aromatic nitrogens is 2. The van der Waals surface area contributed by atoms with Crippen LogP contribution in [0.1, 0.15) is 29.9 Å². The Balaban J connectivity index is 1.98. The third kappa shape index (κ3) is 4.44. The van der Waals surface area contributed by atoms with E-state index in [9.17, 15) is 4.79 Å². The summed E-state index contributed by atoms with van der Waals surface area (Å²) in [5.41, 5.74) is 1.54. The van der Waals surface area contributed by atoms with Crippen LogP contribution in [-0.4, -0.2) is 47.5 Å². The molecule has 1 heterocycles. The first-order valence-electron chi connectivity index (χ1n) is 8.16. The normalized spacial score (nSPS) is 10.3. The number of anilines is 1. The second-order valence-electron chi connectivity index (χ2n) is 5.25. The van der Waals surface area contributed by atoms with Crippen molar-refractivity contribution in [1.82, 2.24) is 14.9 Å². The van der Waals surface area contributed by atoms with Gasteiger partial charge in [0.2, 0.25) is 0 Å². The van der Waals surface area contributed by atoms with Crippen LogP contribution in [0.2, 0.25) is 0 Å². The maximum atomic E-state index is 12.3. The molecule has 1 amide bonds. The molecule has 0 saturated heterocycles. The van der Waals surface area contributed by atoms with Crippen molar-refractivity contribution in [2.45, 2.75) is 20.3 Å². The molecule has 0 spiro atoms. The van der Waals surface area contributed by atoms with Crippen LogP contribution in [0.25, 0.3) is 0 Å². The average molecular weight is 328 g/mol. The van der Waals surface area contributed by atoms with E-state index >= 15 is 0 Å². The number of rotatable bonds is 8. The Morgan fingerprint density at radius 3 is 2.67 bits per heavy atom. The Morgan fingerprint density at radius 2 is 1.96 bits per heavy atom. The van der Waals surface area contributed by atoms with Gasteiger partial charge in [-0.2, -0.15) is 0 Å². The summed E-state index contributed by atoms with van der Waals surface area (Å²) in [5, 5.41) is 3.24. The molecule has 0 fully saturated rings. The molecule has 6 heteroatoms. The van der Waals surface area contributed by atoms with Gasteiger partial charge in [0.1, 0.15) is 23.6 Å². The number of amides is 1. The second-order valence-corrected chi connectivity index (χ2v) is 5.25. The Bertz CT molecular complexity index is 672. The summed E-state index contributed by atoms with van der Waals surface area (Å²) >= 11 is 0. The number of methoxy groups -OCH3 is 1. The third-order valence-corrected chi connectivity index (χ3v) is 3.83. The molecule has 6 nitrogen and oxygen atoms in total. The zero-order chi connectivity index (χ0) is 17.4. The molecule has 1 aromatic heterocycles. The zero-order valence-electron chi connectivity index (χ0n) is 14.5. The monoisotopic (exact) mass is 328 g/mol. The van der Waals surface area contributed by atoms with Crippen molar-refractivity contribution in [3.05, 3.63) is 47.9 Å². The average Bonchev–Trinajstić information content (AvgIpc) is 2.63. The predicted octanol–water partition coefficient (Wildman–Crippen LogP) is 2.62. The Labute approximate surface area is 142 Å². The first kappa shape index (κ1) is 17.7. The fourth-order valence-electron chi connectivity index (χ4n) is 2.48. The zero-order valence-corrected chi connectivity index (χ0v) is 14.5. The maximum absolute atomic E-state index is 12.3. The fraction of sp³-hybridized carbons (Fsp3) is 0.389. The summed E-state index contributed by atoms with van der Waals surface area (Å²) in [7, 11) is 1.67. The minimum absolute atomic E-state index is 0.0739. The fourth-order valence-corrected chi connectivity index (χ4v) is 2.48. The quantitative estimate of drug-likeness (QED) is 0.807. The van der Waals surface area contributed by atoms with E-state index in [4.69, 9.17) is 4.74 Å². The van der Waals surface area contributed by atoms with Gasteiger partial charge in [0.05, 0.1) is 7.11 Å². The third-order valence-electron chi connectivity index (χ3n) is 3.83. The molecule has 0 radical (unpaired) electrons. The van der Waals surface area contributed by atoms with Gasteiger partial charge >= 0.3 is 0 Å². The maximum Gasteiger partial charge on any atom is 0.272 e. The highest BCUT2D eigenvalue weighted by atomic mass is 16.5. The number of para-hydroxylation sites is 1. The van der Waals surface area contributed by atoms with Crippen molar-refractivity contribution in [3.8, 4) is 5.75 Å². The summed E-state index contributed by atoms with van der Waals surface area (Å²) < 4.78 is 5.35. The van der Waals surface area contributed by atoms with E-state index in [0.29, 0.717) is 31.1 Å². The highest BCUT2D eigenvalue weighted by molar-refractivity contribution is 5.92. The molecule has 0 atom stereocenters. The minimum Gasteiger partial charge on any atom is -0.496 e. The molecular weight excluding hydrogens is 304 g/mol. The lowest BCUT2D eigenvalue weighted by Crippen LogP contribution is -2.31. The van der Waals surface area contributed by atoms with E-state index in [2.05, 4.69) is 15.3 Å². The minimum atomic E-state index is -0.0739. The topological polar surface area (TPSA) is 67.4 Å². The number of hydrogen-bond acceptors (Lipinski definition) is 5. The Hall–Kier alpha value is -2.63. The van der Waals surface area contributed by atoms with Gasteiger partial charge < -0.3 is 15.0 Å². The first-order chi connectivity index (χ1) is 11.7. The molecule has 0 aliphatic rings. The number of nitrogens with zero attached hydrogens (tertiary/aromatic N) is 3. The van der Waals surface area contributed by atoms with Gasteiger partial charge in [0, 0.05) is 25.7 Å². The van der Waals surface area contributed by atoms with Crippen LogP contribution in [0.3, 0.4) is 0 Å². The number of hydrogen-bond donors (Lipinski definition) is 1. The summed E-state index contributed by atoms with van der Waals surface area (Å²) in [4.78, 5) is 22.3. The molecule has 0 saturated carbocycles. The van der Waals surface area contributed by atoms with Gasteiger partial charge in [-0.3, -0.25) is 4.79 Å². The van der Waals surface area contributed by atoms with E-state index < -0.39 is 0 Å². The molecule has 128 valence electrons. The molecule has 24 heavy (non-hydrogen) atoms. The highest BCUT2D eigenvalue weighted by Crippen LogP contribution is 2.17. The number of carbonyl (C=O) groups is 1. The molecule has 2 aromatic rings. The second kappa shape index (κ2) is 8.86. The molecular formula is C18H24N4O2. The van der Waals surface area contributed by atoms with E-state index in [1.54, 1.807) is 18.1 Å². The smallest absolute Gasteiger partial charge is 0.272 e. The lowest BCUT2D eigenvalue weighted by Gasteiger charge is -2.18. The lowest BCUT2D eigenvalue weighted by molar-refractivity contribution is 0.0767. The first-order valence-corrected chi connectivity index (χ1v) is 8.16. The van der Waals surface area contributed by atoms with Crippen molar-refractivity contribution in [2.75, 3.05) is 32.1 Å². The van der Waals surface area contributed by atoms with Gasteiger partial charge in [-0.1, -0.05) is 18.2 Å². The Kier molecular flexibility index (Phi) is 6.54. The van der Waals surface area contributed by atoms with Crippen LogP contribution in [0, 0.1) is 0 Å². The Morgan fingerprint density at radius 1 is 1.21 bits per heavy atom. The SMILES string of the molecule is CCN(CC)C(=O)c1cc(NCCc2ccccc2OC)ncn1. The summed E-state index contributed by atoms with van der Waals surface area (Å²) in [5.74, 6) is 1.45. The summed E-state index contributed by atoms with van der Waals surface area (Å²) in [6.07, 6.45) is 2.22. The van der Waals surface area contributed by atoms with E-state index in [1.165, 1.54) is 6.33 Å². The van der Waals surface area contributed by atoms with Crippen molar-refractivity contribution < 1.29 is 9.53 Å². The van der Waals surface area contributed by atoms with E-state index in [-0.39, 0.29) is 5.91 Å². The lowest BCUT2D eigenvalue weighted by atomic mass is 10.1. The van der Waals surface area contributed by atoms with Gasteiger partial charge in [0.15, 0.2) is 0 Å². The van der Waals surface area contributed by atoms with Gasteiger partial charge in [-0.05, 0) is 31.9 Å². The van der Waals surface area contributed by atoms with Crippen molar-refractivity contribution >= 4 is 11.7 Å². The highest BCUT2D eigenvalue weighted by Gasteiger charge is 2.14. The van der Waals surface area contributed by atoms with Gasteiger partial charge in [0.25, 0.3) is 5.91 Å². The predicted molar refractivity (Wildman–Crippen MR) is 94.5 cm³/mol. The van der Waals surface area contributed by atoms with Gasteiger partial charge in [-0.15, -0.1) is 0 Å². The molecule has 0 bridgehead atoms. The standard InChI is InChI=1S/C18H24N4O2/c1-4-22(5-2)18(23)15-12-17(21-13-20-15)19-11-10-14-8-6-7-9-16(14)24-3/h6-9,12-13H,4-5,10-11H2,1-3H3,(H,19,20,21). The van der Waals surface area contributed by atoms with Crippen LogP contribution in [-0.2, 0) is 6.42 Å². The van der Waals surface area contributed by atoms with Crippen LogP contribution in [0.15, 0.2) is 36.7 Å². The largest absolute Gasteiger partial charge is 0.496 e. The van der Waals surface area contributed by atoms with Crippen LogP contribution in [0.5, 0.6) is 5.75 Å². The van der Waals surface area contributed by atoms with Crippen molar-refractivity contribution in [1.29, 1.82) is 0 Å². The molecule has 1 aromatic carbocycles. The number of carbonyl (C=O) groups excluding carboxylic acids is 1. The number of nitrogens with one attached hydrogen (secondary N) is 1. The molecule has 1 N–H and O–H groups in total. The van der Waals surface area contributed by atoms with Crippen molar-refractivity contribution in [3.63, 3.8) is 0 Å². The molecule has 2 rings (SSSR count). The number of ether oxygens (including phenoxy) is 1. The van der Waals surface area contributed by atoms with Crippen molar-refractivity contribution in [2.24, 2.45) is 0 Å². The van der Waals surface area contributed by atoms with Crippen LogP contribution in [0.4, 0.5) is 5.82 Å². The van der Waals surface area contributed by atoms with Crippen LogP contribution >= 0.6 is 0 Å². The van der Waals surface area contributed by atoms with E-state index in [1.807, 2.05) is 38.1 Å². The molecule has 0 aliphatic carbocycles.